The lowest BCUT2D eigenvalue weighted by Gasteiger charge is -2.26. The molecule has 1 aliphatic carbocycles. The van der Waals surface area contributed by atoms with E-state index in [0.717, 1.165) is 57.8 Å². The third-order valence-electron chi connectivity index (χ3n) is 4.81. The highest BCUT2D eigenvalue weighted by atomic mass is 16.5. The Kier molecular flexibility index (Phi) is 6.64. The molecule has 0 aromatic heterocycles. The van der Waals surface area contributed by atoms with E-state index >= 15 is 0 Å². The quantitative estimate of drug-likeness (QED) is 0.833. The average Bonchev–Trinajstić information content (AvgIpc) is 3.14. The van der Waals surface area contributed by atoms with Crippen LogP contribution in [0.2, 0.25) is 0 Å². The molecule has 0 atom stereocenters. The van der Waals surface area contributed by atoms with Gasteiger partial charge in [-0.3, -0.25) is 9.69 Å². The molecule has 3 rings (SSSR count). The monoisotopic (exact) mass is 332 g/mol. The lowest BCUT2D eigenvalue weighted by atomic mass is 10.1. The molecule has 1 aromatic rings. The number of morpholine rings is 1. The van der Waals surface area contributed by atoms with Crippen molar-refractivity contribution in [2.75, 3.05) is 44.8 Å². The van der Waals surface area contributed by atoms with Gasteiger partial charge < -0.3 is 14.8 Å². The van der Waals surface area contributed by atoms with E-state index in [4.69, 9.17) is 9.47 Å². The Morgan fingerprint density at radius 1 is 1.17 bits per heavy atom. The molecule has 1 aromatic carbocycles. The average molecular weight is 332 g/mol. The Morgan fingerprint density at radius 3 is 2.58 bits per heavy atom. The molecule has 5 nitrogen and oxygen atoms in total. The van der Waals surface area contributed by atoms with Gasteiger partial charge in [0.15, 0.2) is 0 Å². The van der Waals surface area contributed by atoms with Gasteiger partial charge >= 0.3 is 0 Å². The summed E-state index contributed by atoms with van der Waals surface area (Å²) in [6.45, 7) is 4.94. The molecule has 0 unspecified atom stereocenters. The first-order valence-electron chi connectivity index (χ1n) is 9.10. The fraction of sp³-hybridized carbons (Fsp3) is 0.632. The smallest absolute Gasteiger partial charge is 0.250 e. The van der Waals surface area contributed by atoms with E-state index < -0.39 is 0 Å². The minimum Gasteiger partial charge on any atom is -0.379 e. The Bertz CT molecular complexity index is 506. The van der Waals surface area contributed by atoms with E-state index in [1.54, 1.807) is 0 Å². The lowest BCUT2D eigenvalue weighted by Crippen LogP contribution is -2.37. The van der Waals surface area contributed by atoms with Crippen LogP contribution >= 0.6 is 0 Å². The summed E-state index contributed by atoms with van der Waals surface area (Å²) >= 11 is 0. The molecule has 2 fully saturated rings. The van der Waals surface area contributed by atoms with E-state index in [1.165, 1.54) is 18.4 Å². The Hall–Kier alpha value is -1.43. The fourth-order valence-electron chi connectivity index (χ4n) is 3.31. The normalized spacial score (nSPS) is 19.5. The minimum atomic E-state index is -0.0667. The number of amides is 1. The highest BCUT2D eigenvalue weighted by Crippen LogP contribution is 2.20. The van der Waals surface area contributed by atoms with Gasteiger partial charge in [0.2, 0.25) is 5.91 Å². The standard InChI is InChI=1S/C19H28N2O3/c22-19(15-24-18-3-1-2-4-18)20-17-7-5-16(6-8-17)9-10-21-11-13-23-14-12-21/h5-8,18H,1-4,9-15H2,(H,20,22). The van der Waals surface area contributed by atoms with Crippen LogP contribution in [0.4, 0.5) is 5.69 Å². The number of anilines is 1. The number of hydrogen-bond acceptors (Lipinski definition) is 4. The number of carbonyl (C=O) groups is 1. The van der Waals surface area contributed by atoms with Crippen LogP contribution in [0.25, 0.3) is 0 Å². The molecule has 1 saturated heterocycles. The van der Waals surface area contributed by atoms with Gasteiger partial charge in [0.1, 0.15) is 6.61 Å². The van der Waals surface area contributed by atoms with Crippen LogP contribution < -0.4 is 5.32 Å². The van der Waals surface area contributed by atoms with E-state index in [0.29, 0.717) is 0 Å². The maximum Gasteiger partial charge on any atom is 0.250 e. The van der Waals surface area contributed by atoms with Gasteiger partial charge in [0.05, 0.1) is 19.3 Å². The molecular formula is C19H28N2O3. The first kappa shape index (κ1) is 17.4. The second-order valence-corrected chi connectivity index (χ2v) is 6.67. The number of rotatable bonds is 7. The molecule has 1 N–H and O–H groups in total. The van der Waals surface area contributed by atoms with Crippen molar-refractivity contribution >= 4 is 11.6 Å². The van der Waals surface area contributed by atoms with E-state index in [9.17, 15) is 4.79 Å². The first-order chi connectivity index (χ1) is 11.8. The zero-order chi connectivity index (χ0) is 16.6. The molecule has 24 heavy (non-hydrogen) atoms. The highest BCUT2D eigenvalue weighted by Gasteiger charge is 2.16. The molecule has 1 saturated carbocycles. The summed E-state index contributed by atoms with van der Waals surface area (Å²) in [5.41, 5.74) is 2.13. The lowest BCUT2D eigenvalue weighted by molar-refractivity contribution is -0.122. The topological polar surface area (TPSA) is 50.8 Å². The van der Waals surface area contributed by atoms with Gasteiger partial charge in [0, 0.05) is 25.3 Å². The summed E-state index contributed by atoms with van der Waals surface area (Å²) in [5, 5.41) is 2.91. The molecule has 0 radical (unpaired) electrons. The van der Waals surface area contributed by atoms with Crippen LogP contribution in [0.3, 0.4) is 0 Å². The van der Waals surface area contributed by atoms with Crippen molar-refractivity contribution < 1.29 is 14.3 Å². The summed E-state index contributed by atoms with van der Waals surface area (Å²) in [7, 11) is 0. The Labute approximate surface area is 144 Å². The van der Waals surface area contributed by atoms with Crippen LogP contribution in [-0.2, 0) is 20.7 Å². The van der Waals surface area contributed by atoms with Crippen molar-refractivity contribution in [1.29, 1.82) is 0 Å². The van der Waals surface area contributed by atoms with Gasteiger partial charge in [-0.1, -0.05) is 25.0 Å². The Morgan fingerprint density at radius 2 is 1.88 bits per heavy atom. The van der Waals surface area contributed by atoms with Crippen LogP contribution in [0.15, 0.2) is 24.3 Å². The predicted octanol–water partition coefficient (Wildman–Crippen LogP) is 2.46. The predicted molar refractivity (Wildman–Crippen MR) is 94.2 cm³/mol. The molecule has 1 heterocycles. The van der Waals surface area contributed by atoms with Gasteiger partial charge in [-0.15, -0.1) is 0 Å². The largest absolute Gasteiger partial charge is 0.379 e. The number of ether oxygens (including phenoxy) is 2. The third kappa shape index (κ3) is 5.58. The maximum absolute atomic E-state index is 11.9. The summed E-state index contributed by atoms with van der Waals surface area (Å²) in [6.07, 6.45) is 5.92. The molecule has 0 spiro atoms. The second-order valence-electron chi connectivity index (χ2n) is 6.67. The zero-order valence-corrected chi connectivity index (χ0v) is 14.3. The fourth-order valence-corrected chi connectivity index (χ4v) is 3.31. The number of nitrogens with zero attached hydrogens (tertiary/aromatic N) is 1. The molecule has 132 valence electrons. The highest BCUT2D eigenvalue weighted by molar-refractivity contribution is 5.91. The number of hydrogen-bond donors (Lipinski definition) is 1. The number of carbonyl (C=O) groups excluding carboxylic acids is 1. The van der Waals surface area contributed by atoms with Gasteiger partial charge in [-0.05, 0) is 37.0 Å². The molecule has 1 amide bonds. The van der Waals surface area contributed by atoms with Crippen LogP contribution in [0.5, 0.6) is 0 Å². The van der Waals surface area contributed by atoms with E-state index in [1.807, 2.05) is 12.1 Å². The van der Waals surface area contributed by atoms with Gasteiger partial charge in [0.25, 0.3) is 0 Å². The second kappa shape index (κ2) is 9.16. The summed E-state index contributed by atoms with van der Waals surface area (Å²) < 4.78 is 11.0. The van der Waals surface area contributed by atoms with Crippen LogP contribution in [0, 0.1) is 0 Å². The maximum atomic E-state index is 11.9. The van der Waals surface area contributed by atoms with Crippen molar-refractivity contribution in [3.8, 4) is 0 Å². The molecule has 5 heteroatoms. The van der Waals surface area contributed by atoms with E-state index in [-0.39, 0.29) is 18.6 Å². The third-order valence-corrected chi connectivity index (χ3v) is 4.81. The van der Waals surface area contributed by atoms with E-state index in [2.05, 4.69) is 22.3 Å². The first-order valence-corrected chi connectivity index (χ1v) is 9.10. The van der Waals surface area contributed by atoms with Gasteiger partial charge in [-0.2, -0.15) is 0 Å². The van der Waals surface area contributed by atoms with Crippen molar-refractivity contribution in [2.45, 2.75) is 38.2 Å². The SMILES string of the molecule is O=C(COC1CCCC1)Nc1ccc(CCN2CCOCC2)cc1. The molecular weight excluding hydrogens is 304 g/mol. The van der Waals surface area contributed by atoms with Crippen molar-refractivity contribution in [3.63, 3.8) is 0 Å². The van der Waals surface area contributed by atoms with Crippen LogP contribution in [0.1, 0.15) is 31.2 Å². The summed E-state index contributed by atoms with van der Waals surface area (Å²) in [6, 6.07) is 8.13. The van der Waals surface area contributed by atoms with Gasteiger partial charge in [-0.25, -0.2) is 0 Å². The summed E-state index contributed by atoms with van der Waals surface area (Å²) in [5.74, 6) is -0.0667. The summed E-state index contributed by atoms with van der Waals surface area (Å²) in [4.78, 5) is 14.4. The van der Waals surface area contributed by atoms with Crippen molar-refractivity contribution in [3.05, 3.63) is 29.8 Å². The minimum absolute atomic E-state index is 0.0667. The Balaban J connectivity index is 1.37. The van der Waals surface area contributed by atoms with Crippen LogP contribution in [-0.4, -0.2) is 56.4 Å². The molecule has 0 bridgehead atoms. The molecule has 1 aliphatic heterocycles. The number of nitrogens with one attached hydrogen (secondary N) is 1. The number of benzene rings is 1. The van der Waals surface area contributed by atoms with Crippen molar-refractivity contribution in [1.82, 2.24) is 4.90 Å². The zero-order valence-electron chi connectivity index (χ0n) is 14.3. The molecule has 2 aliphatic rings. The van der Waals surface area contributed by atoms with Crippen molar-refractivity contribution in [2.24, 2.45) is 0 Å².